The topological polar surface area (TPSA) is 40.5 Å². The van der Waals surface area contributed by atoms with Gasteiger partial charge in [0.25, 0.3) is 0 Å². The summed E-state index contributed by atoms with van der Waals surface area (Å²) in [5, 5.41) is 9.38. The summed E-state index contributed by atoms with van der Waals surface area (Å²) in [5.74, 6) is 0.185. The van der Waals surface area contributed by atoms with E-state index < -0.39 is 0 Å². The number of carbonyl (C=O) groups excluding carboxylic acids is 1. The predicted molar refractivity (Wildman–Crippen MR) is 47.1 cm³/mol. The minimum atomic E-state index is -0.260. The van der Waals surface area contributed by atoms with Gasteiger partial charge in [0.1, 0.15) is 5.88 Å². The van der Waals surface area contributed by atoms with Gasteiger partial charge in [0.2, 0.25) is 5.91 Å². The van der Waals surface area contributed by atoms with Crippen LogP contribution in [0.2, 0.25) is 0 Å². The molecule has 0 spiro atoms. The highest BCUT2D eigenvalue weighted by Crippen LogP contribution is 2.16. The number of hydrogen-bond donors (Lipinski definition) is 1. The molecule has 0 saturated carbocycles. The number of rotatable bonds is 1. The third kappa shape index (κ3) is 2.11. The molecule has 0 bridgehead atoms. The van der Waals surface area contributed by atoms with Gasteiger partial charge in [-0.15, -0.1) is 11.6 Å². The summed E-state index contributed by atoms with van der Waals surface area (Å²) in [7, 11) is 0. The van der Waals surface area contributed by atoms with E-state index in [9.17, 15) is 9.90 Å². The van der Waals surface area contributed by atoms with Crippen LogP contribution in [0.1, 0.15) is 13.3 Å². The summed E-state index contributed by atoms with van der Waals surface area (Å²) < 4.78 is 0. The van der Waals surface area contributed by atoms with Crippen LogP contribution >= 0.6 is 11.6 Å². The average Bonchev–Trinajstić information content (AvgIpc) is 2.08. The fraction of sp³-hybridized carbons (Fsp3) is 0.875. The number of hydrogen-bond acceptors (Lipinski definition) is 2. The van der Waals surface area contributed by atoms with Crippen molar-refractivity contribution in [2.75, 3.05) is 19.0 Å². The fourth-order valence-electron chi connectivity index (χ4n) is 1.44. The highest BCUT2D eigenvalue weighted by Gasteiger charge is 2.26. The van der Waals surface area contributed by atoms with Crippen molar-refractivity contribution in [3.05, 3.63) is 0 Å². The Balaban J connectivity index is 2.45. The second-order valence-corrected chi connectivity index (χ2v) is 3.57. The minimum absolute atomic E-state index is 0.0320. The summed E-state index contributed by atoms with van der Waals surface area (Å²) in [5.41, 5.74) is 0. The van der Waals surface area contributed by atoms with Gasteiger partial charge in [-0.25, -0.2) is 0 Å². The zero-order valence-corrected chi connectivity index (χ0v) is 7.92. The van der Waals surface area contributed by atoms with Crippen molar-refractivity contribution in [3.63, 3.8) is 0 Å². The molecule has 0 unspecified atom stereocenters. The Morgan fingerprint density at radius 1 is 1.75 bits per heavy atom. The lowest BCUT2D eigenvalue weighted by molar-refractivity contribution is -0.131. The molecule has 0 aromatic carbocycles. The van der Waals surface area contributed by atoms with Crippen molar-refractivity contribution in [2.24, 2.45) is 5.92 Å². The molecular weight excluding hydrogens is 178 g/mol. The number of nitrogens with zero attached hydrogens (tertiary/aromatic N) is 1. The van der Waals surface area contributed by atoms with Gasteiger partial charge >= 0.3 is 0 Å². The summed E-state index contributed by atoms with van der Waals surface area (Å²) in [6, 6.07) is 0. The van der Waals surface area contributed by atoms with E-state index in [0.717, 1.165) is 0 Å². The third-order valence-corrected chi connectivity index (χ3v) is 2.56. The molecule has 70 valence electrons. The van der Waals surface area contributed by atoms with Crippen molar-refractivity contribution in [3.8, 4) is 0 Å². The van der Waals surface area contributed by atoms with Gasteiger partial charge in [0.15, 0.2) is 0 Å². The van der Waals surface area contributed by atoms with Gasteiger partial charge in [0.05, 0.1) is 6.10 Å². The highest BCUT2D eigenvalue weighted by molar-refractivity contribution is 6.27. The number of halogens is 1. The molecule has 1 fully saturated rings. The molecule has 4 heteroatoms. The maximum atomic E-state index is 11.1. The molecule has 0 aromatic heterocycles. The molecule has 1 N–H and O–H groups in total. The second kappa shape index (κ2) is 4.10. The van der Waals surface area contributed by atoms with Crippen LogP contribution in [0.3, 0.4) is 0 Å². The molecule has 2 atom stereocenters. The average molecular weight is 192 g/mol. The van der Waals surface area contributed by atoms with Crippen LogP contribution in [0, 0.1) is 5.92 Å². The zero-order valence-electron chi connectivity index (χ0n) is 7.16. The van der Waals surface area contributed by atoms with Crippen LogP contribution in [0.15, 0.2) is 0 Å². The Bertz CT molecular complexity index is 174. The molecule has 12 heavy (non-hydrogen) atoms. The first-order valence-corrected chi connectivity index (χ1v) is 4.70. The van der Waals surface area contributed by atoms with E-state index in [1.165, 1.54) is 0 Å². The van der Waals surface area contributed by atoms with Crippen molar-refractivity contribution in [1.29, 1.82) is 0 Å². The van der Waals surface area contributed by atoms with E-state index in [4.69, 9.17) is 11.6 Å². The van der Waals surface area contributed by atoms with Crippen molar-refractivity contribution >= 4 is 17.5 Å². The Labute approximate surface area is 77.3 Å². The summed E-state index contributed by atoms with van der Waals surface area (Å²) in [4.78, 5) is 12.8. The lowest BCUT2D eigenvalue weighted by Gasteiger charge is -2.33. The smallest absolute Gasteiger partial charge is 0.237 e. The maximum Gasteiger partial charge on any atom is 0.237 e. The van der Waals surface area contributed by atoms with Crippen molar-refractivity contribution in [1.82, 2.24) is 4.90 Å². The second-order valence-electron chi connectivity index (χ2n) is 3.31. The number of piperidine rings is 1. The van der Waals surface area contributed by atoms with E-state index in [-0.39, 0.29) is 23.8 Å². The molecule has 1 amide bonds. The monoisotopic (exact) mass is 191 g/mol. The summed E-state index contributed by atoms with van der Waals surface area (Å²) >= 11 is 5.42. The summed E-state index contributed by atoms with van der Waals surface area (Å²) in [6.45, 7) is 3.21. The van der Waals surface area contributed by atoms with Crippen molar-refractivity contribution < 1.29 is 9.90 Å². The van der Waals surface area contributed by atoms with Crippen LogP contribution in [0.25, 0.3) is 0 Å². The van der Waals surface area contributed by atoms with Gasteiger partial charge in [-0.3, -0.25) is 4.79 Å². The Morgan fingerprint density at radius 3 is 2.92 bits per heavy atom. The summed E-state index contributed by atoms with van der Waals surface area (Å²) in [6.07, 6.45) is 0.411. The first-order chi connectivity index (χ1) is 5.65. The van der Waals surface area contributed by atoms with E-state index >= 15 is 0 Å². The van der Waals surface area contributed by atoms with Gasteiger partial charge in [-0.2, -0.15) is 0 Å². The Kier molecular flexibility index (Phi) is 3.35. The highest BCUT2D eigenvalue weighted by atomic mass is 35.5. The number of aliphatic hydroxyl groups is 1. The lowest BCUT2D eigenvalue weighted by atomic mass is 9.97. The van der Waals surface area contributed by atoms with Gasteiger partial charge in [-0.05, 0) is 12.3 Å². The molecule has 1 aliphatic rings. The molecule has 0 aliphatic carbocycles. The first-order valence-electron chi connectivity index (χ1n) is 4.17. The quantitative estimate of drug-likeness (QED) is 0.612. The molecule has 1 rings (SSSR count). The number of carbonyl (C=O) groups is 1. The van der Waals surface area contributed by atoms with Crippen molar-refractivity contribution in [2.45, 2.75) is 19.4 Å². The van der Waals surface area contributed by atoms with Gasteiger partial charge < -0.3 is 10.0 Å². The molecule has 0 aromatic rings. The van der Waals surface area contributed by atoms with Gasteiger partial charge in [0, 0.05) is 13.1 Å². The van der Waals surface area contributed by atoms with Crippen LogP contribution in [0.5, 0.6) is 0 Å². The number of alkyl halides is 1. The molecule has 1 aliphatic heterocycles. The Hall–Kier alpha value is -0.280. The standard InChI is InChI=1S/C8H14ClNO2/c1-6-5-10(8(12)4-9)3-2-7(6)11/h6-7,11H,2-5H2,1H3/t6-,7-/m1/s1. The zero-order chi connectivity index (χ0) is 9.14. The van der Waals surface area contributed by atoms with Crippen LogP contribution in [-0.2, 0) is 4.79 Å². The van der Waals surface area contributed by atoms with E-state index in [1.807, 2.05) is 6.92 Å². The lowest BCUT2D eigenvalue weighted by Crippen LogP contribution is -2.45. The SMILES string of the molecule is C[C@@H]1CN(C(=O)CCl)CC[C@H]1O. The van der Waals surface area contributed by atoms with Crippen LogP contribution in [0.4, 0.5) is 0 Å². The van der Waals surface area contributed by atoms with E-state index in [2.05, 4.69) is 0 Å². The minimum Gasteiger partial charge on any atom is -0.393 e. The van der Waals surface area contributed by atoms with E-state index in [0.29, 0.717) is 19.5 Å². The maximum absolute atomic E-state index is 11.1. The molecule has 3 nitrogen and oxygen atoms in total. The van der Waals surface area contributed by atoms with E-state index in [1.54, 1.807) is 4.90 Å². The normalized spacial score (nSPS) is 30.4. The molecule has 1 saturated heterocycles. The number of likely N-dealkylation sites (tertiary alicyclic amines) is 1. The number of aliphatic hydroxyl groups excluding tert-OH is 1. The molecule has 0 radical (unpaired) electrons. The van der Waals surface area contributed by atoms with Gasteiger partial charge in [-0.1, -0.05) is 6.92 Å². The Morgan fingerprint density at radius 2 is 2.42 bits per heavy atom. The number of amides is 1. The molecule has 1 heterocycles. The van der Waals surface area contributed by atoms with Crippen LogP contribution in [-0.4, -0.2) is 41.0 Å². The first kappa shape index (κ1) is 9.81. The van der Waals surface area contributed by atoms with Crippen LogP contribution < -0.4 is 0 Å². The molecular formula is C8H14ClNO2. The largest absolute Gasteiger partial charge is 0.393 e. The third-order valence-electron chi connectivity index (χ3n) is 2.33. The fourth-order valence-corrected chi connectivity index (χ4v) is 1.61. The predicted octanol–water partition coefficient (Wildman–Crippen LogP) is 0.455.